The molecule has 10 heavy (non-hydrogen) atoms. The van der Waals surface area contributed by atoms with Crippen molar-refractivity contribution in [3.05, 3.63) is 12.2 Å². The third kappa shape index (κ3) is 3.02. The zero-order valence-corrected chi connectivity index (χ0v) is 6.42. The summed E-state index contributed by atoms with van der Waals surface area (Å²) in [7, 11) is 0. The predicted molar refractivity (Wildman–Crippen MR) is 42.8 cm³/mol. The molecule has 1 aliphatic carbocycles. The molecule has 0 aromatic heterocycles. The standard InChI is InChI=1S/C9H16O/c10-9-7-5-3-1-2-4-6-8-9/h3,5,9-10H,1-2,4,6-8H2/b5-3-/t9-/m0/s1. The number of hydrogen-bond acceptors (Lipinski definition) is 1. The maximum absolute atomic E-state index is 9.29. The van der Waals surface area contributed by atoms with Gasteiger partial charge in [0.25, 0.3) is 0 Å². The lowest BCUT2D eigenvalue weighted by Crippen LogP contribution is -2.03. The lowest BCUT2D eigenvalue weighted by molar-refractivity contribution is 0.164. The molecule has 0 aromatic rings. The molecule has 1 rings (SSSR count). The highest BCUT2D eigenvalue weighted by molar-refractivity contribution is 4.85. The van der Waals surface area contributed by atoms with Crippen molar-refractivity contribution >= 4 is 0 Å². The maximum Gasteiger partial charge on any atom is 0.0574 e. The van der Waals surface area contributed by atoms with Crippen molar-refractivity contribution in [1.29, 1.82) is 0 Å². The second-order valence-corrected chi connectivity index (χ2v) is 3.00. The summed E-state index contributed by atoms with van der Waals surface area (Å²) in [6, 6.07) is 0. The third-order valence-corrected chi connectivity index (χ3v) is 1.98. The SMILES string of the molecule is O[C@H]1C/C=C\CCCCC1. The highest BCUT2D eigenvalue weighted by Gasteiger charge is 2.01. The van der Waals surface area contributed by atoms with Gasteiger partial charge in [0.05, 0.1) is 6.10 Å². The highest BCUT2D eigenvalue weighted by Crippen LogP contribution is 2.11. The molecule has 0 fully saturated rings. The summed E-state index contributed by atoms with van der Waals surface area (Å²) in [6.45, 7) is 0. The Kier molecular flexibility index (Phi) is 3.52. The Balaban J connectivity index is 2.26. The van der Waals surface area contributed by atoms with Gasteiger partial charge in [-0.15, -0.1) is 0 Å². The number of aliphatic hydroxyl groups excluding tert-OH is 1. The Labute approximate surface area is 62.8 Å². The van der Waals surface area contributed by atoms with Gasteiger partial charge in [-0.2, -0.15) is 0 Å². The largest absolute Gasteiger partial charge is 0.393 e. The molecule has 0 aliphatic heterocycles. The van der Waals surface area contributed by atoms with Gasteiger partial charge in [0.2, 0.25) is 0 Å². The van der Waals surface area contributed by atoms with Crippen molar-refractivity contribution in [3.8, 4) is 0 Å². The van der Waals surface area contributed by atoms with Gasteiger partial charge in [-0.05, 0) is 25.7 Å². The zero-order chi connectivity index (χ0) is 7.23. The minimum absolute atomic E-state index is 0.0747. The lowest BCUT2D eigenvalue weighted by atomic mass is 10.1. The first-order chi connectivity index (χ1) is 4.89. The van der Waals surface area contributed by atoms with Gasteiger partial charge in [-0.1, -0.05) is 25.0 Å². The van der Waals surface area contributed by atoms with E-state index in [2.05, 4.69) is 12.2 Å². The van der Waals surface area contributed by atoms with Crippen molar-refractivity contribution in [2.45, 2.75) is 44.6 Å². The summed E-state index contributed by atoms with van der Waals surface area (Å²) in [5.41, 5.74) is 0. The Morgan fingerprint density at radius 1 is 1.10 bits per heavy atom. The Morgan fingerprint density at radius 3 is 2.90 bits per heavy atom. The monoisotopic (exact) mass is 140 g/mol. The fourth-order valence-corrected chi connectivity index (χ4v) is 1.31. The van der Waals surface area contributed by atoms with Crippen LogP contribution in [-0.4, -0.2) is 11.2 Å². The van der Waals surface area contributed by atoms with Gasteiger partial charge in [-0.25, -0.2) is 0 Å². The summed E-state index contributed by atoms with van der Waals surface area (Å²) >= 11 is 0. The van der Waals surface area contributed by atoms with E-state index in [0.29, 0.717) is 0 Å². The normalized spacial score (nSPS) is 31.9. The fraction of sp³-hybridized carbons (Fsp3) is 0.778. The molecule has 1 nitrogen and oxygen atoms in total. The van der Waals surface area contributed by atoms with E-state index in [1.807, 2.05) is 0 Å². The number of rotatable bonds is 0. The van der Waals surface area contributed by atoms with E-state index in [1.54, 1.807) is 0 Å². The van der Waals surface area contributed by atoms with Crippen LogP contribution in [-0.2, 0) is 0 Å². The molecule has 0 saturated heterocycles. The molecule has 0 saturated carbocycles. The summed E-state index contributed by atoms with van der Waals surface area (Å²) in [4.78, 5) is 0. The van der Waals surface area contributed by atoms with E-state index in [4.69, 9.17) is 0 Å². The molecule has 0 unspecified atom stereocenters. The summed E-state index contributed by atoms with van der Waals surface area (Å²) in [5, 5.41) is 9.29. The molecule has 1 aliphatic rings. The third-order valence-electron chi connectivity index (χ3n) is 1.98. The molecule has 0 radical (unpaired) electrons. The first-order valence-electron chi connectivity index (χ1n) is 4.22. The van der Waals surface area contributed by atoms with Gasteiger partial charge in [0.15, 0.2) is 0 Å². The predicted octanol–water partition coefficient (Wildman–Crippen LogP) is 2.26. The van der Waals surface area contributed by atoms with Crippen molar-refractivity contribution in [2.75, 3.05) is 0 Å². The zero-order valence-electron chi connectivity index (χ0n) is 6.42. The minimum Gasteiger partial charge on any atom is -0.393 e. The van der Waals surface area contributed by atoms with E-state index >= 15 is 0 Å². The number of aliphatic hydroxyl groups is 1. The molecule has 1 heteroatoms. The molecular weight excluding hydrogens is 124 g/mol. The van der Waals surface area contributed by atoms with Crippen LogP contribution in [0.3, 0.4) is 0 Å². The van der Waals surface area contributed by atoms with E-state index in [0.717, 1.165) is 12.8 Å². The van der Waals surface area contributed by atoms with E-state index in [1.165, 1.54) is 25.7 Å². The van der Waals surface area contributed by atoms with Crippen LogP contribution in [0.4, 0.5) is 0 Å². The topological polar surface area (TPSA) is 20.2 Å². The van der Waals surface area contributed by atoms with Crippen molar-refractivity contribution in [2.24, 2.45) is 0 Å². The van der Waals surface area contributed by atoms with Crippen molar-refractivity contribution in [3.63, 3.8) is 0 Å². The molecule has 0 amide bonds. The molecule has 1 N–H and O–H groups in total. The Morgan fingerprint density at radius 2 is 2.00 bits per heavy atom. The van der Waals surface area contributed by atoms with Crippen LogP contribution in [0.15, 0.2) is 12.2 Å². The molecule has 1 atom stereocenters. The summed E-state index contributed by atoms with van der Waals surface area (Å²) < 4.78 is 0. The fourth-order valence-electron chi connectivity index (χ4n) is 1.31. The van der Waals surface area contributed by atoms with Crippen LogP contribution in [0, 0.1) is 0 Å². The number of hydrogen-bond donors (Lipinski definition) is 1. The molecule has 0 heterocycles. The maximum atomic E-state index is 9.29. The van der Waals surface area contributed by atoms with Gasteiger partial charge in [-0.3, -0.25) is 0 Å². The van der Waals surface area contributed by atoms with Gasteiger partial charge < -0.3 is 5.11 Å². The summed E-state index contributed by atoms with van der Waals surface area (Å²) in [5.74, 6) is 0. The van der Waals surface area contributed by atoms with Crippen LogP contribution in [0.5, 0.6) is 0 Å². The molecule has 0 spiro atoms. The van der Waals surface area contributed by atoms with Crippen LogP contribution in [0.2, 0.25) is 0 Å². The van der Waals surface area contributed by atoms with Gasteiger partial charge in [0, 0.05) is 0 Å². The lowest BCUT2D eigenvalue weighted by Gasteiger charge is -2.04. The van der Waals surface area contributed by atoms with Crippen molar-refractivity contribution in [1.82, 2.24) is 0 Å². The molecule has 58 valence electrons. The van der Waals surface area contributed by atoms with E-state index in [-0.39, 0.29) is 6.10 Å². The van der Waals surface area contributed by atoms with Crippen molar-refractivity contribution < 1.29 is 5.11 Å². The Bertz CT molecular complexity index is 107. The van der Waals surface area contributed by atoms with Crippen LogP contribution >= 0.6 is 0 Å². The van der Waals surface area contributed by atoms with Gasteiger partial charge in [0.1, 0.15) is 0 Å². The average molecular weight is 140 g/mol. The average Bonchev–Trinajstić information content (AvgIpc) is 2.02. The molecular formula is C9H16O. The van der Waals surface area contributed by atoms with E-state index in [9.17, 15) is 5.11 Å². The van der Waals surface area contributed by atoms with E-state index < -0.39 is 0 Å². The first-order valence-corrected chi connectivity index (χ1v) is 4.22. The molecule has 0 aromatic carbocycles. The van der Waals surface area contributed by atoms with Gasteiger partial charge >= 0.3 is 0 Å². The highest BCUT2D eigenvalue weighted by atomic mass is 16.3. The Hall–Kier alpha value is -0.300. The minimum atomic E-state index is -0.0747. The second-order valence-electron chi connectivity index (χ2n) is 3.00. The smallest absolute Gasteiger partial charge is 0.0574 e. The van der Waals surface area contributed by atoms with Crippen LogP contribution in [0.1, 0.15) is 38.5 Å². The molecule has 0 bridgehead atoms. The first kappa shape index (κ1) is 7.80. The second kappa shape index (κ2) is 4.51. The summed E-state index contributed by atoms with van der Waals surface area (Å²) in [6.07, 6.45) is 11.0. The van der Waals surface area contributed by atoms with Crippen LogP contribution in [0.25, 0.3) is 0 Å². The number of allylic oxidation sites excluding steroid dienone is 1. The van der Waals surface area contributed by atoms with Crippen LogP contribution < -0.4 is 0 Å². The quantitative estimate of drug-likeness (QED) is 0.512.